The normalized spacial score (nSPS) is 22.1. The van der Waals surface area contributed by atoms with Gasteiger partial charge in [-0.15, -0.1) is 0 Å². The Labute approximate surface area is 204 Å². The molecule has 0 saturated carbocycles. The number of aromatic hydroxyl groups is 1. The minimum Gasteiger partial charge on any atom is -0.543 e. The summed E-state index contributed by atoms with van der Waals surface area (Å²) in [6, 6.07) is 2.53. The molecule has 166 valence electrons. The fraction of sp³-hybridized carbons (Fsp3) is 0.333. The first-order valence-electron chi connectivity index (χ1n) is 8.90. The molecule has 1 aromatic carbocycles. The molecule has 1 aromatic rings. The van der Waals surface area contributed by atoms with Gasteiger partial charge < -0.3 is 30.8 Å². The van der Waals surface area contributed by atoms with Crippen LogP contribution in [0.2, 0.25) is 0 Å². The van der Waals surface area contributed by atoms with Crippen LogP contribution >= 0.6 is 0 Å². The first kappa shape index (κ1) is 25.8. The number of benzene rings is 1. The fourth-order valence-corrected chi connectivity index (χ4v) is 5.39. The van der Waals surface area contributed by atoms with E-state index in [4.69, 9.17) is 5.73 Å². The Bertz CT molecular complexity index is 1100. The predicted octanol–water partition coefficient (Wildman–Crippen LogP) is -5.96. The van der Waals surface area contributed by atoms with Crippen LogP contribution in [0.1, 0.15) is 18.5 Å². The van der Waals surface area contributed by atoms with Gasteiger partial charge in [-0.05, 0) is 17.7 Å². The molecule has 0 aliphatic carbocycles. The summed E-state index contributed by atoms with van der Waals surface area (Å²) in [4.78, 5) is 48.1. The van der Waals surface area contributed by atoms with E-state index in [9.17, 15) is 37.8 Å². The number of nitrogens with two attached hydrogens (primary N) is 1. The maximum atomic E-state index is 12.7. The number of hydrogen-bond acceptors (Lipinski definition) is 10. The molecule has 0 aromatic heterocycles. The summed E-state index contributed by atoms with van der Waals surface area (Å²) in [5, 5.41) is 21.5. The smallest absolute Gasteiger partial charge is 0.543 e. The Morgan fingerprint density at radius 1 is 1.31 bits per heavy atom. The second-order valence-electron chi connectivity index (χ2n) is 6.98. The topological polar surface area (TPSA) is 196 Å². The zero-order chi connectivity index (χ0) is 23.1. The van der Waals surface area contributed by atoms with Gasteiger partial charge in [0, 0.05) is 12.5 Å². The van der Waals surface area contributed by atoms with Crippen LogP contribution in [0.25, 0.3) is 0 Å². The van der Waals surface area contributed by atoms with Crippen LogP contribution in [0.3, 0.4) is 0 Å². The Morgan fingerprint density at radius 2 is 1.91 bits per heavy atom. The van der Waals surface area contributed by atoms with Crippen molar-refractivity contribution in [1.29, 1.82) is 0 Å². The Morgan fingerprint density at radius 3 is 2.44 bits per heavy atom. The number of rotatable bonds is 6. The van der Waals surface area contributed by atoms with E-state index in [2.05, 4.69) is 10.1 Å². The van der Waals surface area contributed by atoms with Crippen molar-refractivity contribution in [2.75, 3.05) is 12.4 Å². The van der Waals surface area contributed by atoms with Crippen LogP contribution in [-0.2, 0) is 33.8 Å². The van der Waals surface area contributed by atoms with Crippen LogP contribution in [0.15, 0.2) is 35.5 Å². The zero-order valence-electron chi connectivity index (χ0n) is 17.1. The standard InChI is InChI=1S/C18H19N3O9S.Na/c1-8(22)30-6-10-7-31(28,29)17-13(16(25)21(17)14(10)18(26)27)20-15(24)12(19)9-2-4-11(23)5-3-9;/h2-5,12-13,17,23H,6-7,19H2,1H3,(H,20,24)(H,26,27);/q;+1/p-1/t12?,13-,17-;/m0./s1. The maximum absolute atomic E-state index is 12.7. The number of phenolic OH excluding ortho intramolecular Hbond substituents is 1. The van der Waals surface area contributed by atoms with Gasteiger partial charge >= 0.3 is 35.5 Å². The number of carbonyl (C=O) groups is 4. The number of phenols is 1. The third-order valence-electron chi connectivity index (χ3n) is 4.84. The van der Waals surface area contributed by atoms with Gasteiger partial charge in [0.05, 0.1) is 17.4 Å². The van der Waals surface area contributed by atoms with Gasteiger partial charge in [-0.1, -0.05) is 12.1 Å². The molecule has 0 radical (unpaired) electrons. The molecule has 2 aliphatic rings. The van der Waals surface area contributed by atoms with Crippen molar-refractivity contribution in [3.63, 3.8) is 0 Å². The molecule has 32 heavy (non-hydrogen) atoms. The minimum absolute atomic E-state index is 0. The number of β-lactam (4-membered cyclic amide) rings is 1. The minimum atomic E-state index is -4.13. The molecule has 0 bridgehead atoms. The fourth-order valence-electron chi connectivity index (χ4n) is 3.39. The molecule has 1 unspecified atom stereocenters. The van der Waals surface area contributed by atoms with Crippen LogP contribution in [0.4, 0.5) is 0 Å². The second kappa shape index (κ2) is 9.58. The molecule has 3 rings (SSSR count). The van der Waals surface area contributed by atoms with Gasteiger partial charge in [0.1, 0.15) is 24.4 Å². The molecule has 14 heteroatoms. The number of aliphatic carboxylic acids is 1. The largest absolute Gasteiger partial charge is 1.00 e. The van der Waals surface area contributed by atoms with E-state index in [0.29, 0.717) is 10.5 Å². The second-order valence-corrected chi connectivity index (χ2v) is 9.08. The molecule has 0 spiro atoms. The molecule has 2 heterocycles. The van der Waals surface area contributed by atoms with Crippen molar-refractivity contribution in [3.8, 4) is 5.75 Å². The number of carbonyl (C=O) groups excluding carboxylic acids is 4. The Kier molecular flexibility index (Phi) is 7.73. The summed E-state index contributed by atoms with van der Waals surface area (Å²) in [5.41, 5.74) is 5.10. The summed E-state index contributed by atoms with van der Waals surface area (Å²) >= 11 is 0. The van der Waals surface area contributed by atoms with E-state index < -0.39 is 69.1 Å². The molecule has 3 atom stereocenters. The van der Waals surface area contributed by atoms with E-state index in [1.54, 1.807) is 0 Å². The van der Waals surface area contributed by atoms with Crippen molar-refractivity contribution in [1.82, 2.24) is 10.2 Å². The van der Waals surface area contributed by atoms with Crippen LogP contribution in [0.5, 0.6) is 5.75 Å². The van der Waals surface area contributed by atoms with Gasteiger partial charge in [-0.2, -0.15) is 0 Å². The Balaban J connectivity index is 0.00000363. The number of nitrogens with zero attached hydrogens (tertiary/aromatic N) is 1. The quantitative estimate of drug-likeness (QED) is 0.202. The molecule has 1 saturated heterocycles. The predicted molar refractivity (Wildman–Crippen MR) is 100 cm³/mol. The van der Waals surface area contributed by atoms with Crippen molar-refractivity contribution >= 4 is 33.6 Å². The number of carboxylic acid groups (broad SMARTS) is 1. The number of amides is 2. The van der Waals surface area contributed by atoms with Crippen LogP contribution in [-0.4, -0.2) is 66.0 Å². The number of carboxylic acids is 1. The molecule has 4 N–H and O–H groups in total. The maximum Gasteiger partial charge on any atom is 1.00 e. The molecule has 1 fully saturated rings. The van der Waals surface area contributed by atoms with E-state index in [0.717, 1.165) is 6.92 Å². The Hall–Kier alpha value is -2.45. The van der Waals surface area contributed by atoms with Gasteiger partial charge in [0.2, 0.25) is 5.91 Å². The average molecular weight is 475 g/mol. The first-order chi connectivity index (χ1) is 14.4. The monoisotopic (exact) mass is 475 g/mol. The number of sulfone groups is 1. The summed E-state index contributed by atoms with van der Waals surface area (Å²) < 4.78 is 30.1. The van der Waals surface area contributed by atoms with E-state index in [1.807, 2.05) is 0 Å². The van der Waals surface area contributed by atoms with Crippen molar-refractivity contribution < 1.29 is 72.1 Å². The molecular formula is C18H18N3NaO9S. The summed E-state index contributed by atoms with van der Waals surface area (Å²) in [6.45, 7) is 0.411. The third kappa shape index (κ3) is 4.81. The van der Waals surface area contributed by atoms with Gasteiger partial charge in [0.15, 0.2) is 15.2 Å². The molecule has 12 nitrogen and oxygen atoms in total. The summed E-state index contributed by atoms with van der Waals surface area (Å²) in [7, 11) is -4.13. The van der Waals surface area contributed by atoms with E-state index >= 15 is 0 Å². The van der Waals surface area contributed by atoms with E-state index in [-0.39, 0.29) is 40.9 Å². The number of hydrogen-bond donors (Lipinski definition) is 3. The van der Waals surface area contributed by atoms with Gasteiger partial charge in [-0.3, -0.25) is 19.3 Å². The number of fused-ring (bicyclic) bond motifs is 1. The van der Waals surface area contributed by atoms with Crippen molar-refractivity contribution in [2.45, 2.75) is 24.4 Å². The molecular weight excluding hydrogens is 457 g/mol. The van der Waals surface area contributed by atoms with Crippen LogP contribution < -0.4 is 45.7 Å². The van der Waals surface area contributed by atoms with Crippen molar-refractivity contribution in [2.24, 2.45) is 5.73 Å². The SMILES string of the molecule is CC(=O)OCC1=C(C(=O)[O-])N2C(=O)[C@H](NC(=O)C(N)c3ccc(O)cc3)[C@@H]2S(=O)(=O)C1.[Na+]. The number of ether oxygens (including phenoxy) is 1. The third-order valence-corrected chi connectivity index (χ3v) is 6.81. The van der Waals surface area contributed by atoms with Crippen molar-refractivity contribution in [3.05, 3.63) is 41.1 Å². The van der Waals surface area contributed by atoms with Crippen LogP contribution in [0, 0.1) is 0 Å². The summed E-state index contributed by atoms with van der Waals surface area (Å²) in [5.74, 6) is -5.30. The summed E-state index contributed by atoms with van der Waals surface area (Å²) in [6.07, 6.45) is 0. The molecule has 2 aliphatic heterocycles. The molecule has 2 amide bonds. The van der Waals surface area contributed by atoms with E-state index in [1.165, 1.54) is 24.3 Å². The first-order valence-corrected chi connectivity index (χ1v) is 10.6. The number of esters is 1. The average Bonchev–Trinajstić information content (AvgIpc) is 2.69. The van der Waals surface area contributed by atoms with Gasteiger partial charge in [0.25, 0.3) is 5.91 Å². The van der Waals surface area contributed by atoms with Gasteiger partial charge in [-0.25, -0.2) is 8.42 Å². The number of nitrogens with one attached hydrogen (secondary N) is 1. The zero-order valence-corrected chi connectivity index (χ0v) is 19.9.